The van der Waals surface area contributed by atoms with E-state index >= 15 is 0 Å². The highest BCUT2D eigenvalue weighted by Gasteiger charge is 2.11. The zero-order valence-corrected chi connectivity index (χ0v) is 9.49. The topological polar surface area (TPSA) is 72.6 Å². The van der Waals surface area contributed by atoms with Crippen LogP contribution in [0.1, 0.15) is 26.7 Å². The van der Waals surface area contributed by atoms with E-state index in [-0.39, 0.29) is 19.1 Å². The van der Waals surface area contributed by atoms with E-state index in [9.17, 15) is 9.59 Å². The Hall–Kier alpha value is -1.10. The first-order valence-electron chi connectivity index (χ1n) is 5.26. The number of ether oxygens (including phenoxy) is 1. The third-order valence-electron chi connectivity index (χ3n) is 1.94. The SMILES string of the molecule is CCCCOC(=O)CN(CC)CC(N)=O. The lowest BCUT2D eigenvalue weighted by molar-refractivity contribution is -0.145. The number of amides is 1. The van der Waals surface area contributed by atoms with Gasteiger partial charge < -0.3 is 10.5 Å². The average molecular weight is 216 g/mol. The summed E-state index contributed by atoms with van der Waals surface area (Å²) in [6.07, 6.45) is 1.86. The van der Waals surface area contributed by atoms with Crippen molar-refractivity contribution < 1.29 is 14.3 Å². The molecule has 0 rings (SSSR count). The summed E-state index contributed by atoms with van der Waals surface area (Å²) in [5, 5.41) is 0. The van der Waals surface area contributed by atoms with E-state index in [4.69, 9.17) is 10.5 Å². The van der Waals surface area contributed by atoms with Crippen LogP contribution in [0.5, 0.6) is 0 Å². The zero-order chi connectivity index (χ0) is 11.7. The number of esters is 1. The van der Waals surface area contributed by atoms with Crippen molar-refractivity contribution in [1.82, 2.24) is 4.90 Å². The molecule has 0 aliphatic rings. The Labute approximate surface area is 90.6 Å². The number of likely N-dealkylation sites (N-methyl/N-ethyl adjacent to an activating group) is 1. The molecule has 0 radical (unpaired) electrons. The van der Waals surface area contributed by atoms with Crippen LogP contribution < -0.4 is 5.73 Å². The Kier molecular flexibility index (Phi) is 7.62. The number of unbranched alkanes of at least 4 members (excludes halogenated alkanes) is 1. The third-order valence-corrected chi connectivity index (χ3v) is 1.94. The maximum atomic E-state index is 11.3. The van der Waals surface area contributed by atoms with Gasteiger partial charge in [0.15, 0.2) is 0 Å². The summed E-state index contributed by atoms with van der Waals surface area (Å²) >= 11 is 0. The highest BCUT2D eigenvalue weighted by atomic mass is 16.5. The lowest BCUT2D eigenvalue weighted by Gasteiger charge is -2.17. The number of primary amides is 1. The number of nitrogens with zero attached hydrogens (tertiary/aromatic N) is 1. The van der Waals surface area contributed by atoms with E-state index < -0.39 is 5.91 Å². The molecule has 0 heterocycles. The van der Waals surface area contributed by atoms with Crippen LogP contribution in [0, 0.1) is 0 Å². The fourth-order valence-electron chi connectivity index (χ4n) is 1.06. The Balaban J connectivity index is 3.75. The van der Waals surface area contributed by atoms with Gasteiger partial charge in [-0.25, -0.2) is 0 Å². The Bertz CT molecular complexity index is 207. The van der Waals surface area contributed by atoms with E-state index in [1.165, 1.54) is 0 Å². The molecule has 0 unspecified atom stereocenters. The van der Waals surface area contributed by atoms with Gasteiger partial charge in [0.2, 0.25) is 5.91 Å². The summed E-state index contributed by atoms with van der Waals surface area (Å²) in [5.74, 6) is -0.732. The summed E-state index contributed by atoms with van der Waals surface area (Å²) in [5.41, 5.74) is 5.03. The predicted molar refractivity (Wildman–Crippen MR) is 57.2 cm³/mol. The second-order valence-electron chi connectivity index (χ2n) is 3.34. The van der Waals surface area contributed by atoms with Crippen molar-refractivity contribution in [3.63, 3.8) is 0 Å². The lowest BCUT2D eigenvalue weighted by atomic mass is 10.4. The number of hydrogen-bond donors (Lipinski definition) is 1. The molecule has 0 aromatic rings. The van der Waals surface area contributed by atoms with Gasteiger partial charge in [-0.3, -0.25) is 14.5 Å². The molecule has 0 aromatic heterocycles. The average Bonchev–Trinajstić information content (AvgIpc) is 2.16. The standard InChI is InChI=1S/C10H20N2O3/c1-3-5-6-15-10(14)8-12(4-2)7-9(11)13/h3-8H2,1-2H3,(H2,11,13). The number of nitrogens with two attached hydrogens (primary N) is 1. The first kappa shape index (κ1) is 13.9. The van der Waals surface area contributed by atoms with Crippen molar-refractivity contribution in [3.8, 4) is 0 Å². The molecule has 0 aliphatic carbocycles. The van der Waals surface area contributed by atoms with Gasteiger partial charge in [0.1, 0.15) is 0 Å². The van der Waals surface area contributed by atoms with Gasteiger partial charge in [0, 0.05) is 0 Å². The van der Waals surface area contributed by atoms with Crippen LogP contribution >= 0.6 is 0 Å². The fourth-order valence-corrected chi connectivity index (χ4v) is 1.06. The normalized spacial score (nSPS) is 10.3. The van der Waals surface area contributed by atoms with Gasteiger partial charge in [-0.1, -0.05) is 20.3 Å². The molecule has 1 amide bonds. The Morgan fingerprint density at radius 3 is 2.40 bits per heavy atom. The summed E-state index contributed by atoms with van der Waals surface area (Å²) in [4.78, 5) is 23.5. The van der Waals surface area contributed by atoms with Crippen LogP contribution in [-0.2, 0) is 14.3 Å². The minimum atomic E-state index is -0.432. The van der Waals surface area contributed by atoms with Crippen molar-refractivity contribution in [2.45, 2.75) is 26.7 Å². The fraction of sp³-hybridized carbons (Fsp3) is 0.800. The first-order chi connectivity index (χ1) is 7.10. The van der Waals surface area contributed by atoms with Crippen LogP contribution in [0.2, 0.25) is 0 Å². The van der Waals surface area contributed by atoms with Gasteiger partial charge in [0.05, 0.1) is 19.7 Å². The van der Waals surface area contributed by atoms with Gasteiger partial charge in [0.25, 0.3) is 0 Å². The molecule has 2 N–H and O–H groups in total. The van der Waals surface area contributed by atoms with Crippen molar-refractivity contribution in [2.75, 3.05) is 26.2 Å². The highest BCUT2D eigenvalue weighted by Crippen LogP contribution is 1.92. The molecule has 0 atom stereocenters. The van der Waals surface area contributed by atoms with Gasteiger partial charge in [-0.05, 0) is 13.0 Å². The van der Waals surface area contributed by atoms with E-state index in [0.29, 0.717) is 13.2 Å². The van der Waals surface area contributed by atoms with Crippen LogP contribution in [0.15, 0.2) is 0 Å². The van der Waals surface area contributed by atoms with Crippen molar-refractivity contribution in [2.24, 2.45) is 5.73 Å². The largest absolute Gasteiger partial charge is 0.465 e. The molecule has 88 valence electrons. The van der Waals surface area contributed by atoms with Gasteiger partial charge in [-0.15, -0.1) is 0 Å². The quantitative estimate of drug-likeness (QED) is 0.462. The maximum absolute atomic E-state index is 11.3. The Morgan fingerprint density at radius 1 is 1.27 bits per heavy atom. The van der Waals surface area contributed by atoms with E-state index in [1.807, 2.05) is 13.8 Å². The molecule has 15 heavy (non-hydrogen) atoms. The second-order valence-corrected chi connectivity index (χ2v) is 3.34. The van der Waals surface area contributed by atoms with Crippen molar-refractivity contribution >= 4 is 11.9 Å². The van der Waals surface area contributed by atoms with E-state index in [1.54, 1.807) is 4.90 Å². The minimum absolute atomic E-state index is 0.0966. The number of rotatable bonds is 8. The monoisotopic (exact) mass is 216 g/mol. The number of hydrogen-bond acceptors (Lipinski definition) is 4. The van der Waals surface area contributed by atoms with Crippen molar-refractivity contribution in [1.29, 1.82) is 0 Å². The number of carbonyl (C=O) groups excluding carboxylic acids is 2. The van der Waals surface area contributed by atoms with Crippen LogP contribution in [0.25, 0.3) is 0 Å². The zero-order valence-electron chi connectivity index (χ0n) is 9.49. The molecule has 5 nitrogen and oxygen atoms in total. The van der Waals surface area contributed by atoms with Gasteiger partial charge >= 0.3 is 5.97 Å². The molecule has 0 spiro atoms. The Morgan fingerprint density at radius 2 is 1.93 bits per heavy atom. The molecule has 0 saturated heterocycles. The summed E-state index contributed by atoms with van der Waals surface area (Å²) < 4.78 is 4.96. The summed E-state index contributed by atoms with van der Waals surface area (Å²) in [6, 6.07) is 0. The number of carbonyl (C=O) groups is 2. The smallest absolute Gasteiger partial charge is 0.320 e. The molecular formula is C10H20N2O3. The van der Waals surface area contributed by atoms with E-state index in [2.05, 4.69) is 0 Å². The first-order valence-corrected chi connectivity index (χ1v) is 5.26. The maximum Gasteiger partial charge on any atom is 0.320 e. The molecule has 0 aromatic carbocycles. The highest BCUT2D eigenvalue weighted by molar-refractivity contribution is 5.77. The molecule has 0 saturated carbocycles. The van der Waals surface area contributed by atoms with Crippen LogP contribution in [0.4, 0.5) is 0 Å². The summed E-state index contributed by atoms with van der Waals surface area (Å²) in [6.45, 7) is 5.17. The van der Waals surface area contributed by atoms with Crippen LogP contribution in [-0.4, -0.2) is 43.0 Å². The summed E-state index contributed by atoms with van der Waals surface area (Å²) in [7, 11) is 0. The second kappa shape index (κ2) is 8.23. The molecule has 0 aliphatic heterocycles. The van der Waals surface area contributed by atoms with Crippen molar-refractivity contribution in [3.05, 3.63) is 0 Å². The lowest BCUT2D eigenvalue weighted by Crippen LogP contribution is -2.37. The van der Waals surface area contributed by atoms with E-state index in [0.717, 1.165) is 12.8 Å². The third kappa shape index (κ3) is 7.93. The predicted octanol–water partition coefficient (Wildman–Crippen LogP) is 0.137. The molecule has 0 fully saturated rings. The van der Waals surface area contributed by atoms with Gasteiger partial charge in [-0.2, -0.15) is 0 Å². The minimum Gasteiger partial charge on any atom is -0.465 e. The molecule has 0 bridgehead atoms. The molecular weight excluding hydrogens is 196 g/mol. The van der Waals surface area contributed by atoms with Crippen LogP contribution in [0.3, 0.4) is 0 Å². The molecule has 5 heteroatoms.